The number of nitrogens with two attached hydrogens (primary N) is 1. The zero-order valence-corrected chi connectivity index (χ0v) is 6.81. The van der Waals surface area contributed by atoms with Gasteiger partial charge in [0.1, 0.15) is 6.23 Å². The van der Waals surface area contributed by atoms with Crippen molar-refractivity contribution in [3.8, 4) is 0 Å². The molecule has 1 rings (SSSR count). The predicted molar refractivity (Wildman–Crippen MR) is 46.3 cm³/mol. The fourth-order valence-electron chi connectivity index (χ4n) is 0.872. The standard InChI is InChI=1S/C9H13NO2/c10-9(11)7-12-6-8-4-2-1-3-5-8/h1-5,9,11H,6-7,10H2. The normalized spacial score (nSPS) is 12.8. The van der Waals surface area contributed by atoms with Gasteiger partial charge in [0, 0.05) is 0 Å². The number of hydrogen-bond donors (Lipinski definition) is 2. The highest BCUT2D eigenvalue weighted by Gasteiger charge is 1.95. The summed E-state index contributed by atoms with van der Waals surface area (Å²) in [6.45, 7) is 0.671. The molecule has 0 aliphatic rings. The fraction of sp³-hybridized carbons (Fsp3) is 0.333. The molecule has 66 valence electrons. The number of aliphatic hydroxyl groups excluding tert-OH is 1. The van der Waals surface area contributed by atoms with Gasteiger partial charge in [-0.1, -0.05) is 30.3 Å². The maximum atomic E-state index is 8.68. The van der Waals surface area contributed by atoms with Gasteiger partial charge in [-0.3, -0.25) is 0 Å². The lowest BCUT2D eigenvalue weighted by atomic mass is 10.2. The van der Waals surface area contributed by atoms with E-state index in [0.717, 1.165) is 5.56 Å². The molecule has 3 nitrogen and oxygen atoms in total. The smallest absolute Gasteiger partial charge is 0.126 e. The molecule has 0 heterocycles. The molecule has 1 unspecified atom stereocenters. The summed E-state index contributed by atoms with van der Waals surface area (Å²) in [5, 5.41) is 8.68. The molecule has 0 aliphatic heterocycles. The molecular weight excluding hydrogens is 154 g/mol. The fourth-order valence-corrected chi connectivity index (χ4v) is 0.872. The van der Waals surface area contributed by atoms with Crippen LogP contribution in [0, 0.1) is 0 Å². The first-order chi connectivity index (χ1) is 5.79. The van der Waals surface area contributed by atoms with Crippen molar-refractivity contribution in [2.45, 2.75) is 12.8 Å². The van der Waals surface area contributed by atoms with Crippen LogP contribution in [0.25, 0.3) is 0 Å². The molecule has 0 spiro atoms. The van der Waals surface area contributed by atoms with E-state index in [-0.39, 0.29) is 6.61 Å². The van der Waals surface area contributed by atoms with Gasteiger partial charge in [-0.25, -0.2) is 0 Å². The van der Waals surface area contributed by atoms with Gasteiger partial charge in [-0.05, 0) is 5.56 Å². The van der Waals surface area contributed by atoms with Crippen LogP contribution in [0.4, 0.5) is 0 Å². The van der Waals surface area contributed by atoms with Gasteiger partial charge in [0.25, 0.3) is 0 Å². The van der Waals surface area contributed by atoms with Crippen molar-refractivity contribution in [3.05, 3.63) is 35.9 Å². The Kier molecular flexibility index (Phi) is 3.73. The van der Waals surface area contributed by atoms with Gasteiger partial charge in [-0.15, -0.1) is 0 Å². The van der Waals surface area contributed by atoms with Crippen LogP contribution in [-0.4, -0.2) is 17.9 Å². The largest absolute Gasteiger partial charge is 0.376 e. The van der Waals surface area contributed by atoms with Crippen molar-refractivity contribution < 1.29 is 9.84 Å². The maximum absolute atomic E-state index is 8.68. The summed E-state index contributed by atoms with van der Waals surface area (Å²) in [6, 6.07) is 9.75. The number of ether oxygens (including phenoxy) is 1. The zero-order chi connectivity index (χ0) is 8.81. The minimum atomic E-state index is -0.881. The van der Waals surface area contributed by atoms with Gasteiger partial charge in [-0.2, -0.15) is 0 Å². The van der Waals surface area contributed by atoms with Crippen LogP contribution < -0.4 is 5.73 Å². The van der Waals surface area contributed by atoms with Crippen LogP contribution in [0.2, 0.25) is 0 Å². The van der Waals surface area contributed by atoms with E-state index in [0.29, 0.717) is 6.61 Å². The molecule has 0 saturated heterocycles. The summed E-state index contributed by atoms with van der Waals surface area (Å²) in [6.07, 6.45) is -0.881. The van der Waals surface area contributed by atoms with E-state index >= 15 is 0 Å². The van der Waals surface area contributed by atoms with Crippen molar-refractivity contribution in [2.24, 2.45) is 5.73 Å². The zero-order valence-electron chi connectivity index (χ0n) is 6.81. The first kappa shape index (κ1) is 9.19. The van der Waals surface area contributed by atoms with Gasteiger partial charge in [0.2, 0.25) is 0 Å². The minimum absolute atomic E-state index is 0.175. The molecule has 3 heteroatoms. The van der Waals surface area contributed by atoms with E-state index in [1.165, 1.54) is 0 Å². The molecule has 0 amide bonds. The first-order valence-corrected chi connectivity index (χ1v) is 3.84. The highest BCUT2D eigenvalue weighted by atomic mass is 16.5. The van der Waals surface area contributed by atoms with Gasteiger partial charge >= 0.3 is 0 Å². The Morgan fingerprint density at radius 1 is 1.33 bits per heavy atom. The van der Waals surface area contributed by atoms with Gasteiger partial charge in [0.15, 0.2) is 0 Å². The molecule has 12 heavy (non-hydrogen) atoms. The lowest BCUT2D eigenvalue weighted by molar-refractivity contribution is 0.0318. The Bertz CT molecular complexity index is 211. The van der Waals surface area contributed by atoms with Crippen LogP contribution in [0.5, 0.6) is 0 Å². The Morgan fingerprint density at radius 2 is 2.00 bits per heavy atom. The second-order valence-electron chi connectivity index (χ2n) is 2.57. The molecule has 1 aromatic carbocycles. The maximum Gasteiger partial charge on any atom is 0.126 e. The first-order valence-electron chi connectivity index (χ1n) is 3.84. The summed E-state index contributed by atoms with van der Waals surface area (Å²) < 4.78 is 5.11. The Balaban J connectivity index is 2.25. The summed E-state index contributed by atoms with van der Waals surface area (Å²) in [5.74, 6) is 0. The van der Waals surface area contributed by atoms with Crippen LogP contribution in [0.15, 0.2) is 30.3 Å². The van der Waals surface area contributed by atoms with Crippen molar-refractivity contribution in [2.75, 3.05) is 6.61 Å². The third-order valence-corrected chi connectivity index (χ3v) is 1.40. The topological polar surface area (TPSA) is 55.5 Å². The number of benzene rings is 1. The number of rotatable bonds is 4. The van der Waals surface area contributed by atoms with Crippen LogP contribution >= 0.6 is 0 Å². The number of aliphatic hydroxyl groups is 1. The molecular formula is C9H13NO2. The van der Waals surface area contributed by atoms with Crippen LogP contribution in [-0.2, 0) is 11.3 Å². The van der Waals surface area contributed by atoms with E-state index in [9.17, 15) is 0 Å². The highest BCUT2D eigenvalue weighted by Crippen LogP contribution is 1.99. The Labute approximate surface area is 71.8 Å². The van der Waals surface area contributed by atoms with Crippen LogP contribution in [0.3, 0.4) is 0 Å². The molecule has 0 radical (unpaired) electrons. The monoisotopic (exact) mass is 167 g/mol. The molecule has 0 aliphatic carbocycles. The molecule has 1 aromatic rings. The quantitative estimate of drug-likeness (QED) is 0.641. The SMILES string of the molecule is NC(O)COCc1ccccc1. The third-order valence-electron chi connectivity index (χ3n) is 1.40. The second kappa shape index (κ2) is 4.87. The van der Waals surface area contributed by atoms with E-state index in [4.69, 9.17) is 15.6 Å². The lowest BCUT2D eigenvalue weighted by Gasteiger charge is -2.05. The Morgan fingerprint density at radius 3 is 2.58 bits per heavy atom. The molecule has 0 saturated carbocycles. The van der Waals surface area contributed by atoms with E-state index in [1.54, 1.807) is 0 Å². The van der Waals surface area contributed by atoms with Gasteiger partial charge < -0.3 is 15.6 Å². The Hall–Kier alpha value is -0.900. The predicted octanol–water partition coefficient (Wildman–Crippen LogP) is 0.480. The highest BCUT2D eigenvalue weighted by molar-refractivity contribution is 5.13. The van der Waals surface area contributed by atoms with Crippen molar-refractivity contribution >= 4 is 0 Å². The minimum Gasteiger partial charge on any atom is -0.376 e. The average Bonchev–Trinajstić information content (AvgIpc) is 2.05. The number of hydrogen-bond acceptors (Lipinski definition) is 3. The van der Waals surface area contributed by atoms with E-state index in [2.05, 4.69) is 0 Å². The van der Waals surface area contributed by atoms with Crippen molar-refractivity contribution in [3.63, 3.8) is 0 Å². The van der Waals surface area contributed by atoms with E-state index < -0.39 is 6.23 Å². The van der Waals surface area contributed by atoms with E-state index in [1.807, 2.05) is 30.3 Å². The summed E-state index contributed by atoms with van der Waals surface area (Å²) in [7, 11) is 0. The van der Waals surface area contributed by atoms with Gasteiger partial charge in [0.05, 0.1) is 13.2 Å². The van der Waals surface area contributed by atoms with Crippen LogP contribution in [0.1, 0.15) is 5.56 Å². The molecule has 1 atom stereocenters. The summed E-state index contributed by atoms with van der Waals surface area (Å²) in [4.78, 5) is 0. The van der Waals surface area contributed by atoms with Crippen molar-refractivity contribution in [1.82, 2.24) is 0 Å². The second-order valence-corrected chi connectivity index (χ2v) is 2.57. The summed E-state index contributed by atoms with van der Waals surface area (Å²) in [5.41, 5.74) is 6.17. The summed E-state index contributed by atoms with van der Waals surface area (Å²) >= 11 is 0. The lowest BCUT2D eigenvalue weighted by Crippen LogP contribution is -2.24. The molecule has 0 bridgehead atoms. The molecule has 3 N–H and O–H groups in total. The molecule has 0 aromatic heterocycles. The third kappa shape index (κ3) is 3.48. The van der Waals surface area contributed by atoms with Crippen molar-refractivity contribution in [1.29, 1.82) is 0 Å². The average molecular weight is 167 g/mol. The molecule has 0 fully saturated rings.